The molecule has 1 N–H and O–H groups in total. The second-order valence-electron chi connectivity index (χ2n) is 4.92. The molecule has 0 aliphatic rings. The van der Waals surface area contributed by atoms with Gasteiger partial charge < -0.3 is 5.32 Å². The van der Waals surface area contributed by atoms with Crippen LogP contribution < -0.4 is 5.32 Å². The number of non-ortho nitro benzene ring substituents is 1. The number of carbonyl (C=O) groups is 2. The smallest absolute Gasteiger partial charge is 0.269 e. The van der Waals surface area contributed by atoms with E-state index in [4.69, 9.17) is 11.6 Å². The Labute approximate surface area is 142 Å². The highest BCUT2D eigenvalue weighted by Gasteiger charge is 2.15. The average molecular weight is 345 g/mol. The molecule has 0 aromatic heterocycles. The third-order valence-electron chi connectivity index (χ3n) is 3.14. The molecule has 7 heteroatoms. The first-order valence-corrected chi connectivity index (χ1v) is 7.28. The van der Waals surface area contributed by atoms with E-state index in [1.807, 2.05) is 0 Å². The second kappa shape index (κ2) is 7.52. The van der Waals surface area contributed by atoms with E-state index in [-0.39, 0.29) is 11.3 Å². The number of rotatable bonds is 5. The minimum Gasteiger partial charge on any atom is -0.322 e. The number of anilines is 1. The molecule has 0 aliphatic heterocycles. The molecule has 0 heterocycles. The van der Waals surface area contributed by atoms with Gasteiger partial charge in [-0.1, -0.05) is 23.7 Å². The van der Waals surface area contributed by atoms with E-state index in [0.717, 1.165) is 0 Å². The molecule has 1 amide bonds. The van der Waals surface area contributed by atoms with Gasteiger partial charge in [0, 0.05) is 22.8 Å². The van der Waals surface area contributed by atoms with E-state index in [9.17, 15) is 19.7 Å². The molecule has 2 aromatic rings. The Balaban J connectivity index is 2.21. The zero-order valence-corrected chi connectivity index (χ0v) is 13.4. The number of carbonyl (C=O) groups excluding carboxylic acids is 2. The lowest BCUT2D eigenvalue weighted by Crippen LogP contribution is -2.18. The molecule has 0 fully saturated rings. The van der Waals surface area contributed by atoms with Crippen LogP contribution in [0.1, 0.15) is 12.5 Å². The Bertz CT molecular complexity index is 811. The van der Waals surface area contributed by atoms with Crippen LogP contribution in [0.5, 0.6) is 0 Å². The summed E-state index contributed by atoms with van der Waals surface area (Å²) >= 11 is 5.80. The molecule has 0 bridgehead atoms. The Morgan fingerprint density at radius 1 is 1.08 bits per heavy atom. The van der Waals surface area contributed by atoms with Gasteiger partial charge in [-0.25, -0.2) is 0 Å². The lowest BCUT2D eigenvalue weighted by atomic mass is 10.1. The van der Waals surface area contributed by atoms with Crippen molar-refractivity contribution in [3.05, 3.63) is 74.8 Å². The quantitative estimate of drug-likeness (QED) is 0.293. The average Bonchev–Trinajstić information content (AvgIpc) is 2.54. The minimum absolute atomic E-state index is 0.0318. The van der Waals surface area contributed by atoms with Crippen LogP contribution in [0.3, 0.4) is 0 Å². The van der Waals surface area contributed by atoms with E-state index in [1.54, 1.807) is 24.3 Å². The zero-order chi connectivity index (χ0) is 17.7. The number of hydrogen-bond donors (Lipinski definition) is 1. The van der Waals surface area contributed by atoms with Crippen LogP contribution in [0.2, 0.25) is 5.02 Å². The summed E-state index contributed by atoms with van der Waals surface area (Å²) in [4.78, 5) is 34.1. The standard InChI is InChI=1S/C17H13ClN2O4/c1-11(21)16(10-12-2-4-13(18)5-3-12)17(22)19-14-6-8-15(9-7-14)20(23)24/h2-10H,1H3,(H,19,22)/b16-10+. The van der Waals surface area contributed by atoms with E-state index in [1.165, 1.54) is 37.3 Å². The number of halogens is 1. The van der Waals surface area contributed by atoms with Crippen LogP contribution in [0.15, 0.2) is 54.1 Å². The first-order valence-electron chi connectivity index (χ1n) is 6.91. The second-order valence-corrected chi connectivity index (χ2v) is 5.36. The van der Waals surface area contributed by atoms with Crippen LogP contribution in [0, 0.1) is 10.1 Å². The van der Waals surface area contributed by atoms with Crippen molar-refractivity contribution >= 4 is 40.7 Å². The summed E-state index contributed by atoms with van der Waals surface area (Å²) in [6.07, 6.45) is 1.46. The van der Waals surface area contributed by atoms with Gasteiger partial charge in [0.05, 0.1) is 10.5 Å². The van der Waals surface area contributed by atoms with E-state index in [0.29, 0.717) is 16.3 Å². The van der Waals surface area contributed by atoms with Crippen LogP contribution in [0.25, 0.3) is 6.08 Å². The number of Topliss-reactive ketones (excluding diaryl/α,β-unsaturated/α-hetero) is 1. The Hall–Kier alpha value is -2.99. The van der Waals surface area contributed by atoms with Gasteiger partial charge in [0.25, 0.3) is 11.6 Å². The fourth-order valence-corrected chi connectivity index (χ4v) is 2.04. The maximum Gasteiger partial charge on any atom is 0.269 e. The summed E-state index contributed by atoms with van der Waals surface area (Å²) in [5.41, 5.74) is 0.893. The summed E-state index contributed by atoms with van der Waals surface area (Å²) in [5.74, 6) is -0.990. The number of nitrogens with one attached hydrogen (secondary N) is 1. The molecule has 122 valence electrons. The Kier molecular flexibility index (Phi) is 5.44. The number of nitro groups is 1. The molecule has 24 heavy (non-hydrogen) atoms. The third-order valence-corrected chi connectivity index (χ3v) is 3.39. The summed E-state index contributed by atoms with van der Waals surface area (Å²) in [6, 6.07) is 12.0. The highest BCUT2D eigenvalue weighted by Crippen LogP contribution is 2.17. The van der Waals surface area contributed by atoms with Crippen molar-refractivity contribution in [1.82, 2.24) is 0 Å². The van der Waals surface area contributed by atoms with Crippen molar-refractivity contribution in [2.24, 2.45) is 0 Å². The molecule has 0 aliphatic carbocycles. The van der Waals surface area contributed by atoms with Crippen molar-refractivity contribution < 1.29 is 14.5 Å². The first kappa shape index (κ1) is 17.4. The fraction of sp³-hybridized carbons (Fsp3) is 0.0588. The van der Waals surface area contributed by atoms with E-state index in [2.05, 4.69) is 5.32 Å². The lowest BCUT2D eigenvalue weighted by Gasteiger charge is -2.07. The molecule has 0 atom stereocenters. The van der Waals surface area contributed by atoms with Gasteiger partial charge in [-0.2, -0.15) is 0 Å². The number of benzene rings is 2. The normalized spacial score (nSPS) is 11.0. The Morgan fingerprint density at radius 2 is 1.67 bits per heavy atom. The summed E-state index contributed by atoms with van der Waals surface area (Å²) in [7, 11) is 0. The van der Waals surface area contributed by atoms with Crippen molar-refractivity contribution in [3.63, 3.8) is 0 Å². The van der Waals surface area contributed by atoms with Crippen LogP contribution >= 0.6 is 11.6 Å². The van der Waals surface area contributed by atoms with E-state index >= 15 is 0 Å². The number of ketones is 1. The van der Waals surface area contributed by atoms with Gasteiger partial charge in [-0.05, 0) is 42.8 Å². The summed E-state index contributed by atoms with van der Waals surface area (Å²) < 4.78 is 0. The first-order chi connectivity index (χ1) is 11.4. The lowest BCUT2D eigenvalue weighted by molar-refractivity contribution is -0.384. The maximum atomic E-state index is 12.3. The zero-order valence-electron chi connectivity index (χ0n) is 12.7. The SMILES string of the molecule is CC(=O)/C(=C\c1ccc(Cl)cc1)C(=O)Nc1ccc([N+](=O)[O-])cc1. The largest absolute Gasteiger partial charge is 0.322 e. The molecular weight excluding hydrogens is 332 g/mol. The van der Waals surface area contributed by atoms with Gasteiger partial charge >= 0.3 is 0 Å². The number of hydrogen-bond acceptors (Lipinski definition) is 4. The molecule has 6 nitrogen and oxygen atoms in total. The number of nitro benzene ring substituents is 1. The van der Waals surface area contributed by atoms with Crippen molar-refractivity contribution in [1.29, 1.82) is 0 Å². The summed E-state index contributed by atoms with van der Waals surface area (Å²) in [6.45, 7) is 1.29. The van der Waals surface area contributed by atoms with Crippen molar-refractivity contribution in [2.45, 2.75) is 6.92 Å². The Morgan fingerprint density at radius 3 is 2.17 bits per heavy atom. The third kappa shape index (κ3) is 4.50. The maximum absolute atomic E-state index is 12.3. The number of amides is 1. The van der Waals surface area contributed by atoms with Gasteiger partial charge in [-0.3, -0.25) is 19.7 Å². The molecule has 2 rings (SSSR count). The highest BCUT2D eigenvalue weighted by molar-refractivity contribution is 6.30. The molecule has 0 saturated carbocycles. The summed E-state index contributed by atoms with van der Waals surface area (Å²) in [5, 5.41) is 13.7. The molecule has 0 unspecified atom stereocenters. The van der Waals surface area contributed by atoms with Crippen LogP contribution in [0.4, 0.5) is 11.4 Å². The van der Waals surface area contributed by atoms with Crippen molar-refractivity contribution in [2.75, 3.05) is 5.32 Å². The topological polar surface area (TPSA) is 89.3 Å². The molecule has 0 saturated heterocycles. The van der Waals surface area contributed by atoms with Crippen molar-refractivity contribution in [3.8, 4) is 0 Å². The van der Waals surface area contributed by atoms with E-state index < -0.39 is 16.6 Å². The molecular formula is C17H13ClN2O4. The highest BCUT2D eigenvalue weighted by atomic mass is 35.5. The van der Waals surface area contributed by atoms with Crippen LogP contribution in [-0.2, 0) is 9.59 Å². The fourth-order valence-electron chi connectivity index (χ4n) is 1.92. The van der Waals surface area contributed by atoms with Crippen LogP contribution in [-0.4, -0.2) is 16.6 Å². The van der Waals surface area contributed by atoms with Gasteiger partial charge in [0.1, 0.15) is 0 Å². The molecule has 2 aromatic carbocycles. The monoisotopic (exact) mass is 344 g/mol. The minimum atomic E-state index is -0.591. The predicted octanol–water partition coefficient (Wildman–Crippen LogP) is 3.86. The predicted molar refractivity (Wildman–Crippen MR) is 91.8 cm³/mol. The van der Waals surface area contributed by atoms with Gasteiger partial charge in [0.2, 0.25) is 0 Å². The molecule has 0 spiro atoms. The molecule has 0 radical (unpaired) electrons. The van der Waals surface area contributed by atoms with Gasteiger partial charge in [0.15, 0.2) is 5.78 Å². The number of nitrogens with zero attached hydrogens (tertiary/aromatic N) is 1. The van der Waals surface area contributed by atoms with Gasteiger partial charge in [-0.15, -0.1) is 0 Å².